The highest BCUT2D eigenvalue weighted by atomic mass is 16.2. The molecular formula is C17H16N4O. The minimum atomic E-state index is -0.290. The molecule has 3 rings (SSSR count). The monoisotopic (exact) mass is 292 g/mol. The lowest BCUT2D eigenvalue weighted by atomic mass is 10.1. The molecule has 5 heteroatoms. The maximum Gasteiger partial charge on any atom is 0.323 e. The average Bonchev–Trinajstić information content (AvgIpc) is 2.97. The Balaban J connectivity index is 1.58. The number of urea groups is 1. The summed E-state index contributed by atoms with van der Waals surface area (Å²) in [6.45, 7) is 2.04. The van der Waals surface area contributed by atoms with E-state index in [1.807, 2.05) is 55.5 Å². The maximum absolute atomic E-state index is 11.8. The molecule has 0 aliphatic carbocycles. The predicted octanol–water partition coefficient (Wildman–Crippen LogP) is 3.66. The number of anilines is 1. The summed E-state index contributed by atoms with van der Waals surface area (Å²) < 4.78 is 0. The van der Waals surface area contributed by atoms with Gasteiger partial charge in [-0.05, 0) is 36.8 Å². The van der Waals surface area contributed by atoms with Gasteiger partial charge in [0.2, 0.25) is 0 Å². The van der Waals surface area contributed by atoms with E-state index < -0.39 is 0 Å². The van der Waals surface area contributed by atoms with E-state index in [4.69, 9.17) is 0 Å². The highest BCUT2D eigenvalue weighted by Gasteiger charge is 2.01. The van der Waals surface area contributed by atoms with E-state index in [9.17, 15) is 4.79 Å². The Hall–Kier alpha value is -3.08. The number of hydrogen-bond acceptors (Lipinski definition) is 2. The van der Waals surface area contributed by atoms with Crippen LogP contribution in [0, 0.1) is 6.92 Å². The summed E-state index contributed by atoms with van der Waals surface area (Å²) in [5.74, 6) is 0. The number of carbonyl (C=O) groups excluding carboxylic acids is 1. The quantitative estimate of drug-likeness (QED) is 0.689. The predicted molar refractivity (Wildman–Crippen MR) is 88.5 cm³/mol. The van der Waals surface area contributed by atoms with Gasteiger partial charge in [-0.15, -0.1) is 0 Å². The summed E-state index contributed by atoms with van der Waals surface area (Å²) in [5, 5.41) is 13.3. The number of aryl methyl sites for hydroxylation is 1. The average molecular weight is 292 g/mol. The van der Waals surface area contributed by atoms with Crippen LogP contribution in [0.3, 0.4) is 0 Å². The number of hydrogen-bond donors (Lipinski definition) is 3. The molecule has 110 valence electrons. The van der Waals surface area contributed by atoms with Crippen molar-refractivity contribution in [1.82, 2.24) is 15.5 Å². The fraction of sp³-hybridized carbons (Fsp3) is 0.0588. The molecule has 0 radical (unpaired) electrons. The molecule has 5 nitrogen and oxygen atoms in total. The number of amides is 2. The molecule has 0 atom stereocenters. The Bertz CT molecular complexity index is 818. The van der Waals surface area contributed by atoms with Crippen molar-refractivity contribution in [2.45, 2.75) is 6.92 Å². The summed E-state index contributed by atoms with van der Waals surface area (Å²) in [6, 6.07) is 13.3. The minimum absolute atomic E-state index is 0.290. The van der Waals surface area contributed by atoms with E-state index in [2.05, 4.69) is 20.8 Å². The van der Waals surface area contributed by atoms with Crippen molar-refractivity contribution >= 4 is 28.7 Å². The highest BCUT2D eigenvalue weighted by Crippen LogP contribution is 2.16. The van der Waals surface area contributed by atoms with Gasteiger partial charge in [0.1, 0.15) is 0 Å². The van der Waals surface area contributed by atoms with Gasteiger partial charge in [-0.25, -0.2) is 4.79 Å². The number of aromatic amines is 1. The molecule has 0 saturated heterocycles. The molecule has 3 aromatic rings. The van der Waals surface area contributed by atoms with E-state index >= 15 is 0 Å². The molecule has 3 N–H and O–H groups in total. The Morgan fingerprint density at radius 2 is 2.00 bits per heavy atom. The zero-order chi connectivity index (χ0) is 15.4. The third kappa shape index (κ3) is 3.32. The molecular weight excluding hydrogens is 276 g/mol. The van der Waals surface area contributed by atoms with Crippen LogP contribution in [-0.4, -0.2) is 16.2 Å². The molecule has 0 fully saturated rings. The largest absolute Gasteiger partial charge is 0.323 e. The first-order valence-electron chi connectivity index (χ1n) is 6.94. The van der Waals surface area contributed by atoms with E-state index in [0.717, 1.165) is 16.5 Å². The van der Waals surface area contributed by atoms with Gasteiger partial charge >= 0.3 is 6.03 Å². The second-order valence-corrected chi connectivity index (χ2v) is 5.01. The van der Waals surface area contributed by atoms with Crippen LogP contribution in [0.4, 0.5) is 10.5 Å². The smallest absolute Gasteiger partial charge is 0.314 e. The normalized spacial score (nSPS) is 11.0. The second-order valence-electron chi connectivity index (χ2n) is 5.01. The van der Waals surface area contributed by atoms with E-state index in [-0.39, 0.29) is 6.03 Å². The lowest BCUT2D eigenvalue weighted by Crippen LogP contribution is -2.23. The standard InChI is InChI=1S/C17H16N4O/c1-12-2-4-13(5-3-12)8-9-18-17(22)20-15-7-6-14-11-19-21-16(14)10-15/h2-11H,1H3,(H,19,21)(H2,18,20,22)/b9-8+. The van der Waals surface area contributed by atoms with Crippen LogP contribution in [-0.2, 0) is 0 Å². The minimum Gasteiger partial charge on any atom is -0.314 e. The molecule has 2 amide bonds. The van der Waals surface area contributed by atoms with Crippen LogP contribution in [0.2, 0.25) is 0 Å². The van der Waals surface area contributed by atoms with Gasteiger partial charge in [-0.2, -0.15) is 5.10 Å². The van der Waals surface area contributed by atoms with Crippen molar-refractivity contribution in [3.8, 4) is 0 Å². The molecule has 0 unspecified atom stereocenters. The van der Waals surface area contributed by atoms with Crippen molar-refractivity contribution in [1.29, 1.82) is 0 Å². The Kier molecular flexibility index (Phi) is 3.87. The van der Waals surface area contributed by atoms with Crippen molar-refractivity contribution in [2.75, 3.05) is 5.32 Å². The first-order chi connectivity index (χ1) is 10.7. The third-order valence-electron chi connectivity index (χ3n) is 3.27. The highest BCUT2D eigenvalue weighted by molar-refractivity contribution is 5.93. The summed E-state index contributed by atoms with van der Waals surface area (Å²) in [5.41, 5.74) is 3.83. The summed E-state index contributed by atoms with van der Waals surface area (Å²) in [6.07, 6.45) is 5.20. The van der Waals surface area contributed by atoms with E-state index in [1.54, 1.807) is 12.4 Å². The molecule has 0 spiro atoms. The molecule has 0 aliphatic rings. The number of rotatable bonds is 3. The molecule has 22 heavy (non-hydrogen) atoms. The van der Waals surface area contributed by atoms with Gasteiger partial charge in [-0.1, -0.05) is 29.8 Å². The van der Waals surface area contributed by atoms with Crippen LogP contribution >= 0.6 is 0 Å². The summed E-state index contributed by atoms with van der Waals surface area (Å²) in [4.78, 5) is 11.8. The van der Waals surface area contributed by atoms with Gasteiger partial charge in [0.25, 0.3) is 0 Å². The van der Waals surface area contributed by atoms with Gasteiger partial charge in [0, 0.05) is 17.3 Å². The molecule has 1 heterocycles. The maximum atomic E-state index is 11.8. The van der Waals surface area contributed by atoms with Crippen LogP contribution < -0.4 is 10.6 Å². The van der Waals surface area contributed by atoms with E-state index in [0.29, 0.717) is 5.69 Å². The van der Waals surface area contributed by atoms with Gasteiger partial charge in [0.05, 0.1) is 11.7 Å². The summed E-state index contributed by atoms with van der Waals surface area (Å²) >= 11 is 0. The number of fused-ring (bicyclic) bond motifs is 1. The zero-order valence-corrected chi connectivity index (χ0v) is 12.1. The van der Waals surface area contributed by atoms with Gasteiger partial charge in [-0.3, -0.25) is 5.10 Å². The van der Waals surface area contributed by atoms with Crippen LogP contribution in [0.1, 0.15) is 11.1 Å². The third-order valence-corrected chi connectivity index (χ3v) is 3.27. The number of carbonyl (C=O) groups is 1. The van der Waals surface area contributed by atoms with E-state index in [1.165, 1.54) is 5.56 Å². The van der Waals surface area contributed by atoms with Crippen LogP contribution in [0.5, 0.6) is 0 Å². The van der Waals surface area contributed by atoms with Crippen molar-refractivity contribution in [3.05, 3.63) is 66.0 Å². The number of nitrogens with zero attached hydrogens (tertiary/aromatic N) is 1. The molecule has 2 aromatic carbocycles. The first kappa shape index (κ1) is 13.9. The van der Waals surface area contributed by atoms with Gasteiger partial charge in [0.15, 0.2) is 0 Å². The molecule has 0 saturated carbocycles. The fourth-order valence-corrected chi connectivity index (χ4v) is 2.07. The first-order valence-corrected chi connectivity index (χ1v) is 6.94. The molecule has 0 bridgehead atoms. The number of H-pyrrole nitrogens is 1. The Morgan fingerprint density at radius 1 is 1.18 bits per heavy atom. The number of aromatic nitrogens is 2. The van der Waals surface area contributed by atoms with Crippen molar-refractivity contribution in [2.24, 2.45) is 0 Å². The van der Waals surface area contributed by atoms with Gasteiger partial charge < -0.3 is 10.6 Å². The number of nitrogens with one attached hydrogen (secondary N) is 3. The fourth-order valence-electron chi connectivity index (χ4n) is 2.07. The Morgan fingerprint density at radius 3 is 2.82 bits per heavy atom. The summed E-state index contributed by atoms with van der Waals surface area (Å²) in [7, 11) is 0. The molecule has 0 aliphatic heterocycles. The van der Waals surface area contributed by atoms with Crippen LogP contribution in [0.25, 0.3) is 17.0 Å². The lowest BCUT2D eigenvalue weighted by molar-refractivity contribution is 0.255. The SMILES string of the molecule is Cc1ccc(/C=C/NC(=O)Nc2ccc3cn[nH]c3c2)cc1. The van der Waals surface area contributed by atoms with Crippen LogP contribution in [0.15, 0.2) is 54.9 Å². The molecule has 1 aromatic heterocycles. The lowest BCUT2D eigenvalue weighted by Gasteiger charge is -2.04. The van der Waals surface area contributed by atoms with Crippen molar-refractivity contribution < 1.29 is 4.79 Å². The second kappa shape index (κ2) is 6.13. The number of benzene rings is 2. The zero-order valence-electron chi connectivity index (χ0n) is 12.1. The topological polar surface area (TPSA) is 69.8 Å². The Labute approximate surface area is 128 Å². The van der Waals surface area contributed by atoms with Crippen molar-refractivity contribution in [3.63, 3.8) is 0 Å².